The van der Waals surface area contributed by atoms with Crippen LogP contribution in [-0.4, -0.2) is 37.1 Å². The molecule has 0 aliphatic rings. The molecular formula is C24H32N2O4. The fourth-order valence-electron chi connectivity index (χ4n) is 2.82. The molecule has 2 atom stereocenters. The first-order valence-corrected chi connectivity index (χ1v) is 10.2. The molecule has 0 bridgehead atoms. The maximum absolute atomic E-state index is 12.3. The van der Waals surface area contributed by atoms with Crippen molar-refractivity contribution in [3.05, 3.63) is 58.7 Å². The Morgan fingerprint density at radius 1 is 0.733 bits per heavy atom. The summed E-state index contributed by atoms with van der Waals surface area (Å²) in [5.74, 6) is 0.932. The third-order valence-electron chi connectivity index (χ3n) is 4.76. The van der Waals surface area contributed by atoms with Crippen molar-refractivity contribution in [2.45, 2.75) is 53.8 Å². The van der Waals surface area contributed by atoms with Gasteiger partial charge >= 0.3 is 0 Å². The first-order valence-electron chi connectivity index (χ1n) is 10.2. The SMILES string of the molecule is Cc1ccc(C)c(OC(C)C(=O)NCCNC(=O)C(C)Oc2cc(C)ccc2C)c1. The van der Waals surface area contributed by atoms with Crippen LogP contribution in [0.3, 0.4) is 0 Å². The van der Waals surface area contributed by atoms with Gasteiger partial charge in [-0.05, 0) is 75.9 Å². The number of carbonyl (C=O) groups is 2. The topological polar surface area (TPSA) is 76.7 Å². The summed E-state index contributed by atoms with van der Waals surface area (Å²) in [6.45, 7) is 11.9. The zero-order valence-electron chi connectivity index (χ0n) is 18.7. The molecule has 0 fully saturated rings. The molecule has 0 radical (unpaired) electrons. The van der Waals surface area contributed by atoms with E-state index < -0.39 is 12.2 Å². The van der Waals surface area contributed by atoms with E-state index in [1.165, 1.54) is 0 Å². The van der Waals surface area contributed by atoms with Crippen LogP contribution in [0, 0.1) is 27.7 Å². The van der Waals surface area contributed by atoms with Gasteiger partial charge in [0.15, 0.2) is 12.2 Å². The van der Waals surface area contributed by atoms with E-state index in [1.54, 1.807) is 13.8 Å². The molecule has 2 unspecified atom stereocenters. The van der Waals surface area contributed by atoms with Gasteiger partial charge in [0.1, 0.15) is 11.5 Å². The molecule has 2 amide bonds. The molecule has 30 heavy (non-hydrogen) atoms. The highest BCUT2D eigenvalue weighted by Gasteiger charge is 2.17. The molecule has 0 saturated carbocycles. The summed E-state index contributed by atoms with van der Waals surface area (Å²) in [5.41, 5.74) is 4.10. The maximum atomic E-state index is 12.3. The smallest absolute Gasteiger partial charge is 0.260 e. The van der Waals surface area contributed by atoms with Gasteiger partial charge in [0.25, 0.3) is 11.8 Å². The van der Waals surface area contributed by atoms with E-state index >= 15 is 0 Å². The van der Waals surface area contributed by atoms with Crippen molar-refractivity contribution < 1.29 is 19.1 Å². The second-order valence-electron chi connectivity index (χ2n) is 7.64. The molecule has 0 heterocycles. The fraction of sp³-hybridized carbons (Fsp3) is 0.417. The highest BCUT2D eigenvalue weighted by atomic mass is 16.5. The normalized spacial score (nSPS) is 12.6. The minimum Gasteiger partial charge on any atom is -0.481 e. The van der Waals surface area contributed by atoms with E-state index in [0.717, 1.165) is 22.3 Å². The molecule has 0 aliphatic heterocycles. The van der Waals surface area contributed by atoms with Crippen molar-refractivity contribution in [1.29, 1.82) is 0 Å². The lowest BCUT2D eigenvalue weighted by atomic mass is 10.1. The van der Waals surface area contributed by atoms with E-state index in [4.69, 9.17) is 9.47 Å². The quantitative estimate of drug-likeness (QED) is 0.619. The van der Waals surface area contributed by atoms with Gasteiger partial charge in [0.05, 0.1) is 0 Å². The number of hydrogen-bond acceptors (Lipinski definition) is 4. The van der Waals surface area contributed by atoms with Crippen LogP contribution >= 0.6 is 0 Å². The molecule has 2 N–H and O–H groups in total. The van der Waals surface area contributed by atoms with Crippen LogP contribution in [0.4, 0.5) is 0 Å². The molecule has 0 spiro atoms. The predicted molar refractivity (Wildman–Crippen MR) is 118 cm³/mol. The lowest BCUT2D eigenvalue weighted by Crippen LogP contribution is -2.43. The first kappa shape index (κ1) is 23.3. The van der Waals surface area contributed by atoms with E-state index in [1.807, 2.05) is 64.1 Å². The van der Waals surface area contributed by atoms with E-state index in [-0.39, 0.29) is 11.8 Å². The average molecular weight is 413 g/mol. The van der Waals surface area contributed by atoms with E-state index in [2.05, 4.69) is 10.6 Å². The summed E-state index contributed by atoms with van der Waals surface area (Å²) in [6.07, 6.45) is -1.26. The number of hydrogen-bond donors (Lipinski definition) is 2. The second kappa shape index (κ2) is 10.7. The summed E-state index contributed by atoms with van der Waals surface area (Å²) >= 11 is 0. The number of rotatable bonds is 9. The van der Waals surface area contributed by atoms with Crippen molar-refractivity contribution in [2.75, 3.05) is 13.1 Å². The zero-order valence-corrected chi connectivity index (χ0v) is 18.7. The van der Waals surface area contributed by atoms with Gasteiger partial charge in [0, 0.05) is 13.1 Å². The van der Waals surface area contributed by atoms with Gasteiger partial charge in [-0.3, -0.25) is 9.59 Å². The Hall–Kier alpha value is -3.02. The molecule has 2 aromatic rings. The molecule has 162 valence electrons. The van der Waals surface area contributed by atoms with Gasteiger partial charge in [-0.15, -0.1) is 0 Å². The second-order valence-corrected chi connectivity index (χ2v) is 7.64. The average Bonchev–Trinajstić information content (AvgIpc) is 2.70. The highest BCUT2D eigenvalue weighted by molar-refractivity contribution is 5.82. The Morgan fingerprint density at radius 3 is 1.47 bits per heavy atom. The molecule has 0 saturated heterocycles. The standard InChI is InChI=1S/C24H32N2O4/c1-15-7-9-17(3)21(13-15)29-19(5)23(27)25-11-12-26-24(28)20(6)30-22-14-16(2)8-10-18(22)4/h7-10,13-14,19-20H,11-12H2,1-6H3,(H,25,27)(H,26,28). The van der Waals surface area contributed by atoms with Gasteiger partial charge in [-0.2, -0.15) is 0 Å². The minimum atomic E-state index is -0.632. The summed E-state index contributed by atoms with van der Waals surface area (Å²) in [6, 6.07) is 11.8. The van der Waals surface area contributed by atoms with Gasteiger partial charge < -0.3 is 20.1 Å². The molecule has 6 nitrogen and oxygen atoms in total. The number of carbonyl (C=O) groups excluding carboxylic acids is 2. The van der Waals surface area contributed by atoms with E-state index in [0.29, 0.717) is 24.6 Å². The molecule has 0 aliphatic carbocycles. The van der Waals surface area contributed by atoms with Crippen LogP contribution in [0.25, 0.3) is 0 Å². The lowest BCUT2D eigenvalue weighted by molar-refractivity contribution is -0.129. The Bertz CT molecular complexity index is 821. The van der Waals surface area contributed by atoms with Crippen molar-refractivity contribution in [3.8, 4) is 11.5 Å². The Morgan fingerprint density at radius 2 is 1.10 bits per heavy atom. The van der Waals surface area contributed by atoms with Crippen molar-refractivity contribution >= 4 is 11.8 Å². The fourth-order valence-corrected chi connectivity index (χ4v) is 2.82. The molecule has 2 rings (SSSR count). The minimum absolute atomic E-state index is 0.232. The Labute approximate surface area is 179 Å². The predicted octanol–water partition coefficient (Wildman–Crippen LogP) is 3.39. The molecule has 0 aromatic heterocycles. The van der Waals surface area contributed by atoms with Crippen molar-refractivity contribution in [3.63, 3.8) is 0 Å². The number of amides is 2. The Balaban J connectivity index is 1.74. The van der Waals surface area contributed by atoms with Crippen LogP contribution < -0.4 is 20.1 Å². The van der Waals surface area contributed by atoms with Gasteiger partial charge in [-0.25, -0.2) is 0 Å². The third kappa shape index (κ3) is 6.79. The molecule has 6 heteroatoms. The zero-order chi connectivity index (χ0) is 22.3. The third-order valence-corrected chi connectivity index (χ3v) is 4.76. The number of nitrogens with one attached hydrogen (secondary N) is 2. The summed E-state index contributed by atoms with van der Waals surface area (Å²) in [5, 5.41) is 5.56. The maximum Gasteiger partial charge on any atom is 0.260 e. The van der Waals surface area contributed by atoms with E-state index in [9.17, 15) is 9.59 Å². The number of ether oxygens (including phenoxy) is 2. The first-order chi connectivity index (χ1) is 14.2. The van der Waals surface area contributed by atoms with Crippen LogP contribution in [0.2, 0.25) is 0 Å². The van der Waals surface area contributed by atoms with Crippen molar-refractivity contribution in [1.82, 2.24) is 10.6 Å². The molecular weight excluding hydrogens is 380 g/mol. The summed E-state index contributed by atoms with van der Waals surface area (Å²) in [7, 11) is 0. The van der Waals surface area contributed by atoms with Crippen molar-refractivity contribution in [2.24, 2.45) is 0 Å². The monoisotopic (exact) mass is 412 g/mol. The van der Waals surface area contributed by atoms with Gasteiger partial charge in [0.2, 0.25) is 0 Å². The van der Waals surface area contributed by atoms with Crippen LogP contribution in [-0.2, 0) is 9.59 Å². The van der Waals surface area contributed by atoms with Crippen LogP contribution in [0.1, 0.15) is 36.1 Å². The number of aryl methyl sites for hydroxylation is 4. The Kier molecular flexibility index (Phi) is 8.27. The lowest BCUT2D eigenvalue weighted by Gasteiger charge is -2.18. The number of benzene rings is 2. The molecule has 2 aromatic carbocycles. The van der Waals surface area contributed by atoms with Crippen LogP contribution in [0.5, 0.6) is 11.5 Å². The van der Waals surface area contributed by atoms with Gasteiger partial charge in [-0.1, -0.05) is 24.3 Å². The summed E-state index contributed by atoms with van der Waals surface area (Å²) in [4.78, 5) is 24.5. The highest BCUT2D eigenvalue weighted by Crippen LogP contribution is 2.21. The van der Waals surface area contributed by atoms with Crippen LogP contribution in [0.15, 0.2) is 36.4 Å². The summed E-state index contributed by atoms with van der Waals surface area (Å²) < 4.78 is 11.5. The largest absolute Gasteiger partial charge is 0.481 e.